The van der Waals surface area contributed by atoms with Crippen molar-refractivity contribution in [1.82, 2.24) is 9.97 Å². The lowest BCUT2D eigenvalue weighted by Gasteiger charge is -2.26. The Morgan fingerprint density at radius 3 is 3.00 bits per heavy atom. The van der Waals surface area contributed by atoms with Gasteiger partial charge < -0.3 is 10.5 Å². The van der Waals surface area contributed by atoms with E-state index >= 15 is 0 Å². The maximum atomic E-state index is 13.6. The van der Waals surface area contributed by atoms with Crippen LogP contribution < -0.4 is 10.5 Å². The van der Waals surface area contributed by atoms with Crippen LogP contribution in [0.5, 0.6) is 5.88 Å². The predicted molar refractivity (Wildman–Crippen MR) is 57.6 cm³/mol. The molecule has 16 heavy (non-hydrogen) atoms. The number of rotatable bonds is 2. The highest BCUT2D eigenvalue weighted by Gasteiger charge is 2.22. The van der Waals surface area contributed by atoms with Crippen LogP contribution in [-0.4, -0.2) is 22.1 Å². The number of hydrogen-bond acceptors (Lipinski definition) is 4. The molecule has 0 radical (unpaired) electrons. The smallest absolute Gasteiger partial charge is 0.254 e. The van der Waals surface area contributed by atoms with Crippen LogP contribution in [0.3, 0.4) is 0 Å². The summed E-state index contributed by atoms with van der Waals surface area (Å²) in [6.45, 7) is 1.59. The summed E-state index contributed by atoms with van der Waals surface area (Å²) in [5.41, 5.74) is 6.15. The van der Waals surface area contributed by atoms with Gasteiger partial charge >= 0.3 is 0 Å². The molecule has 1 aromatic rings. The third-order valence-electron chi connectivity index (χ3n) is 2.88. The van der Waals surface area contributed by atoms with E-state index < -0.39 is 5.82 Å². The van der Waals surface area contributed by atoms with E-state index in [0.717, 1.165) is 25.7 Å². The van der Waals surface area contributed by atoms with Crippen LogP contribution in [0, 0.1) is 12.7 Å². The maximum Gasteiger partial charge on any atom is 0.254 e. The Hall–Kier alpha value is -1.23. The van der Waals surface area contributed by atoms with Crippen LogP contribution in [0.1, 0.15) is 31.4 Å². The molecular weight excluding hydrogens is 209 g/mol. The van der Waals surface area contributed by atoms with Crippen molar-refractivity contribution in [2.24, 2.45) is 5.73 Å². The zero-order chi connectivity index (χ0) is 11.5. The average molecular weight is 225 g/mol. The summed E-state index contributed by atoms with van der Waals surface area (Å²) < 4.78 is 19.1. The summed E-state index contributed by atoms with van der Waals surface area (Å²) in [6, 6.07) is 0.157. The molecule has 1 fully saturated rings. The van der Waals surface area contributed by atoms with Crippen LogP contribution in [-0.2, 0) is 0 Å². The fourth-order valence-corrected chi connectivity index (χ4v) is 1.96. The molecular formula is C11H16FN3O. The molecule has 1 saturated carbocycles. The van der Waals surface area contributed by atoms with Crippen molar-refractivity contribution in [3.63, 3.8) is 0 Å². The Bertz CT molecular complexity index is 372. The zero-order valence-corrected chi connectivity index (χ0v) is 9.32. The quantitative estimate of drug-likeness (QED) is 0.830. The molecule has 0 bridgehead atoms. The van der Waals surface area contributed by atoms with Crippen molar-refractivity contribution < 1.29 is 9.13 Å². The molecule has 1 aromatic heterocycles. The summed E-state index contributed by atoms with van der Waals surface area (Å²) in [5, 5.41) is 0. The van der Waals surface area contributed by atoms with Gasteiger partial charge in [0.1, 0.15) is 12.4 Å². The maximum absolute atomic E-state index is 13.6. The minimum atomic E-state index is -0.471. The summed E-state index contributed by atoms with van der Waals surface area (Å²) in [6.07, 6.45) is 5.02. The zero-order valence-electron chi connectivity index (χ0n) is 9.32. The first-order chi connectivity index (χ1) is 7.66. The van der Waals surface area contributed by atoms with Gasteiger partial charge in [-0.15, -0.1) is 0 Å². The monoisotopic (exact) mass is 225 g/mol. The molecule has 0 aromatic carbocycles. The second kappa shape index (κ2) is 4.74. The number of aryl methyl sites for hydroxylation is 1. The third-order valence-corrected chi connectivity index (χ3v) is 2.88. The van der Waals surface area contributed by atoms with Gasteiger partial charge in [0, 0.05) is 6.04 Å². The number of ether oxygens (including phenoxy) is 1. The van der Waals surface area contributed by atoms with Gasteiger partial charge in [0.15, 0.2) is 0 Å². The van der Waals surface area contributed by atoms with Gasteiger partial charge in [0.25, 0.3) is 5.88 Å². The van der Waals surface area contributed by atoms with E-state index in [1.54, 1.807) is 6.92 Å². The highest BCUT2D eigenvalue weighted by molar-refractivity contribution is 5.16. The van der Waals surface area contributed by atoms with E-state index in [-0.39, 0.29) is 18.0 Å². The van der Waals surface area contributed by atoms with Crippen LogP contribution in [0.4, 0.5) is 4.39 Å². The van der Waals surface area contributed by atoms with Crippen molar-refractivity contribution in [1.29, 1.82) is 0 Å². The van der Waals surface area contributed by atoms with Crippen LogP contribution >= 0.6 is 0 Å². The van der Waals surface area contributed by atoms with E-state index in [9.17, 15) is 4.39 Å². The molecule has 2 unspecified atom stereocenters. The molecule has 2 rings (SSSR count). The van der Waals surface area contributed by atoms with Crippen molar-refractivity contribution in [3.8, 4) is 5.88 Å². The highest BCUT2D eigenvalue weighted by Crippen LogP contribution is 2.23. The standard InChI is InChI=1S/C11H16FN3O/c1-7-10(12)11(15-6-14-7)16-9-4-2-3-8(13)5-9/h6,8-9H,2-5,13H2,1H3. The van der Waals surface area contributed by atoms with Crippen molar-refractivity contribution in [2.75, 3.05) is 0 Å². The van der Waals surface area contributed by atoms with Crippen molar-refractivity contribution >= 4 is 0 Å². The Morgan fingerprint density at radius 2 is 2.25 bits per heavy atom. The summed E-state index contributed by atoms with van der Waals surface area (Å²) in [5.74, 6) is -0.423. The molecule has 4 nitrogen and oxygen atoms in total. The molecule has 2 N–H and O–H groups in total. The average Bonchev–Trinajstić information content (AvgIpc) is 2.25. The van der Waals surface area contributed by atoms with Gasteiger partial charge in [0.2, 0.25) is 5.82 Å². The second-order valence-corrected chi connectivity index (χ2v) is 4.24. The Balaban J connectivity index is 2.05. The van der Waals surface area contributed by atoms with E-state index in [4.69, 9.17) is 10.5 Å². The molecule has 0 aliphatic heterocycles. The second-order valence-electron chi connectivity index (χ2n) is 4.24. The number of aromatic nitrogens is 2. The highest BCUT2D eigenvalue weighted by atomic mass is 19.1. The lowest BCUT2D eigenvalue weighted by atomic mass is 9.94. The van der Waals surface area contributed by atoms with Gasteiger partial charge in [0.05, 0.1) is 5.69 Å². The summed E-state index contributed by atoms with van der Waals surface area (Å²) in [7, 11) is 0. The lowest BCUT2D eigenvalue weighted by molar-refractivity contribution is 0.132. The molecule has 2 atom stereocenters. The minimum Gasteiger partial charge on any atom is -0.472 e. The molecule has 1 heterocycles. The van der Waals surface area contributed by atoms with E-state index in [2.05, 4.69) is 9.97 Å². The largest absolute Gasteiger partial charge is 0.472 e. The molecule has 0 saturated heterocycles. The fraction of sp³-hybridized carbons (Fsp3) is 0.636. The first-order valence-corrected chi connectivity index (χ1v) is 5.56. The van der Waals surface area contributed by atoms with Crippen LogP contribution in [0.25, 0.3) is 0 Å². The number of hydrogen-bond donors (Lipinski definition) is 1. The van der Waals surface area contributed by atoms with Gasteiger partial charge in [-0.05, 0) is 32.6 Å². The summed E-state index contributed by atoms with van der Waals surface area (Å²) >= 11 is 0. The minimum absolute atomic E-state index is 0.0208. The normalized spacial score (nSPS) is 25.4. The topological polar surface area (TPSA) is 61.0 Å². The van der Waals surface area contributed by atoms with E-state index in [0.29, 0.717) is 5.69 Å². The Morgan fingerprint density at radius 1 is 1.44 bits per heavy atom. The Labute approximate surface area is 94.0 Å². The van der Waals surface area contributed by atoms with Crippen molar-refractivity contribution in [2.45, 2.75) is 44.8 Å². The number of nitrogens with two attached hydrogens (primary N) is 1. The molecule has 5 heteroatoms. The van der Waals surface area contributed by atoms with Gasteiger partial charge in [-0.3, -0.25) is 0 Å². The van der Waals surface area contributed by atoms with E-state index in [1.807, 2.05) is 0 Å². The first kappa shape index (κ1) is 11.3. The predicted octanol–water partition coefficient (Wildman–Crippen LogP) is 1.57. The fourth-order valence-electron chi connectivity index (χ4n) is 1.96. The SMILES string of the molecule is Cc1ncnc(OC2CCCC(N)C2)c1F. The summed E-state index contributed by atoms with van der Waals surface area (Å²) in [4.78, 5) is 7.57. The molecule has 1 aliphatic carbocycles. The van der Waals surface area contributed by atoms with Gasteiger partial charge in [-0.1, -0.05) is 0 Å². The lowest BCUT2D eigenvalue weighted by Crippen LogP contribution is -2.34. The third kappa shape index (κ3) is 2.47. The first-order valence-electron chi connectivity index (χ1n) is 5.56. The van der Waals surface area contributed by atoms with Crippen molar-refractivity contribution in [3.05, 3.63) is 17.8 Å². The number of halogens is 1. The van der Waals surface area contributed by atoms with Gasteiger partial charge in [-0.25, -0.2) is 4.98 Å². The van der Waals surface area contributed by atoms with Crippen LogP contribution in [0.2, 0.25) is 0 Å². The molecule has 0 spiro atoms. The molecule has 0 amide bonds. The molecule has 1 aliphatic rings. The van der Waals surface area contributed by atoms with Crippen LogP contribution in [0.15, 0.2) is 6.33 Å². The van der Waals surface area contributed by atoms with E-state index in [1.165, 1.54) is 6.33 Å². The van der Waals surface area contributed by atoms with Gasteiger partial charge in [-0.2, -0.15) is 9.37 Å². The number of nitrogens with zero attached hydrogens (tertiary/aromatic N) is 2. The Kier molecular flexibility index (Phi) is 3.33. The molecule has 88 valence electrons.